The van der Waals surface area contributed by atoms with Crippen LogP contribution in [0.4, 0.5) is 0 Å². The van der Waals surface area contributed by atoms with E-state index in [9.17, 15) is 0 Å². The van der Waals surface area contributed by atoms with Gasteiger partial charge in [-0.2, -0.15) is 0 Å². The van der Waals surface area contributed by atoms with E-state index in [0.717, 1.165) is 39.4 Å². The van der Waals surface area contributed by atoms with Crippen molar-refractivity contribution in [1.82, 2.24) is 15.2 Å². The zero-order valence-electron chi connectivity index (χ0n) is 13.0. The van der Waals surface area contributed by atoms with Crippen LogP contribution in [0.3, 0.4) is 0 Å². The summed E-state index contributed by atoms with van der Waals surface area (Å²) in [5.41, 5.74) is 1.30. The number of ether oxygens (including phenoxy) is 1. The zero-order chi connectivity index (χ0) is 16.9. The molecular weight excluding hydrogens is 302 g/mol. The Bertz CT molecular complexity index is 451. The van der Waals surface area contributed by atoms with E-state index in [1.807, 2.05) is 12.4 Å². The van der Waals surface area contributed by atoms with E-state index in [-0.39, 0.29) is 0 Å². The topological polar surface area (TPSA) is 112 Å². The van der Waals surface area contributed by atoms with Gasteiger partial charge < -0.3 is 20.3 Å². The van der Waals surface area contributed by atoms with Gasteiger partial charge in [-0.05, 0) is 37.2 Å². The summed E-state index contributed by atoms with van der Waals surface area (Å²) in [5.74, 6) is -3.65. The first-order chi connectivity index (χ1) is 11.1. The van der Waals surface area contributed by atoms with Crippen LogP contribution in [0.5, 0.6) is 0 Å². The minimum absolute atomic E-state index is 0.893. The maximum absolute atomic E-state index is 9.10. The second kappa shape index (κ2) is 11.5. The van der Waals surface area contributed by atoms with Crippen molar-refractivity contribution in [3.63, 3.8) is 0 Å². The molecule has 0 aromatic carbocycles. The highest BCUT2D eigenvalue weighted by atomic mass is 16.5. The molecule has 1 fully saturated rings. The summed E-state index contributed by atoms with van der Waals surface area (Å²) in [6.45, 7) is 7.14. The SMILES string of the molecule is O=C(O)C(=O)O.c1cc(CNCCCN2CCOCC2)ccn1. The first kappa shape index (κ1) is 19.0. The van der Waals surface area contributed by atoms with Gasteiger partial charge in [-0.15, -0.1) is 0 Å². The molecule has 1 aliphatic rings. The summed E-state index contributed by atoms with van der Waals surface area (Å²) >= 11 is 0. The van der Waals surface area contributed by atoms with Crippen LogP contribution in [0, 0.1) is 0 Å². The Morgan fingerprint density at radius 1 is 1.17 bits per heavy atom. The largest absolute Gasteiger partial charge is 0.473 e. The molecule has 2 heterocycles. The normalized spacial score (nSPS) is 14.6. The first-order valence-corrected chi connectivity index (χ1v) is 7.45. The molecule has 3 N–H and O–H groups in total. The maximum atomic E-state index is 9.10. The van der Waals surface area contributed by atoms with Crippen molar-refractivity contribution >= 4 is 11.9 Å². The lowest BCUT2D eigenvalue weighted by molar-refractivity contribution is -0.159. The van der Waals surface area contributed by atoms with Gasteiger partial charge in [0, 0.05) is 32.0 Å². The van der Waals surface area contributed by atoms with Crippen molar-refractivity contribution in [2.75, 3.05) is 39.4 Å². The maximum Gasteiger partial charge on any atom is 0.414 e. The molecule has 0 bridgehead atoms. The minimum atomic E-state index is -1.82. The number of nitrogens with zero attached hydrogens (tertiary/aromatic N) is 2. The molecule has 0 unspecified atom stereocenters. The number of aliphatic carboxylic acids is 2. The average molecular weight is 325 g/mol. The molecule has 128 valence electrons. The molecule has 1 aliphatic heterocycles. The fourth-order valence-electron chi connectivity index (χ4n) is 1.99. The van der Waals surface area contributed by atoms with Crippen LogP contribution >= 0.6 is 0 Å². The smallest absolute Gasteiger partial charge is 0.414 e. The monoisotopic (exact) mass is 325 g/mol. The molecule has 0 spiro atoms. The van der Waals surface area contributed by atoms with Gasteiger partial charge in [-0.25, -0.2) is 9.59 Å². The Hall–Kier alpha value is -2.03. The molecule has 23 heavy (non-hydrogen) atoms. The lowest BCUT2D eigenvalue weighted by Gasteiger charge is -2.26. The second-order valence-corrected chi connectivity index (χ2v) is 4.95. The Balaban J connectivity index is 0.000000379. The van der Waals surface area contributed by atoms with Crippen molar-refractivity contribution in [2.45, 2.75) is 13.0 Å². The summed E-state index contributed by atoms with van der Waals surface area (Å²) in [6, 6.07) is 4.10. The third kappa shape index (κ3) is 9.56. The van der Waals surface area contributed by atoms with Crippen molar-refractivity contribution < 1.29 is 24.5 Å². The molecule has 1 saturated heterocycles. The first-order valence-electron chi connectivity index (χ1n) is 7.45. The van der Waals surface area contributed by atoms with Crippen LogP contribution in [0.25, 0.3) is 0 Å². The highest BCUT2D eigenvalue weighted by molar-refractivity contribution is 6.27. The summed E-state index contributed by atoms with van der Waals surface area (Å²) in [4.78, 5) is 24.7. The molecule has 8 nitrogen and oxygen atoms in total. The Kier molecular flexibility index (Phi) is 9.53. The van der Waals surface area contributed by atoms with E-state index >= 15 is 0 Å². The van der Waals surface area contributed by atoms with Gasteiger partial charge in [0.2, 0.25) is 0 Å². The van der Waals surface area contributed by atoms with E-state index in [1.165, 1.54) is 18.5 Å². The number of morpholine rings is 1. The van der Waals surface area contributed by atoms with Gasteiger partial charge in [0.1, 0.15) is 0 Å². The predicted molar refractivity (Wildman–Crippen MR) is 83.1 cm³/mol. The zero-order valence-corrected chi connectivity index (χ0v) is 13.0. The number of carboxylic acid groups (broad SMARTS) is 2. The second-order valence-electron chi connectivity index (χ2n) is 4.95. The van der Waals surface area contributed by atoms with E-state index in [4.69, 9.17) is 24.5 Å². The third-order valence-electron chi connectivity index (χ3n) is 3.19. The molecular formula is C15H23N3O5. The van der Waals surface area contributed by atoms with Crippen LogP contribution in [0.1, 0.15) is 12.0 Å². The summed E-state index contributed by atoms with van der Waals surface area (Å²) in [5, 5.41) is 18.2. The number of nitrogens with one attached hydrogen (secondary N) is 1. The van der Waals surface area contributed by atoms with Crippen LogP contribution in [-0.2, 0) is 20.9 Å². The van der Waals surface area contributed by atoms with Crippen LogP contribution in [-0.4, -0.2) is 71.4 Å². The van der Waals surface area contributed by atoms with Crippen molar-refractivity contribution in [2.24, 2.45) is 0 Å². The Morgan fingerprint density at radius 2 is 1.78 bits per heavy atom. The lowest BCUT2D eigenvalue weighted by Crippen LogP contribution is -2.37. The number of rotatable bonds is 6. The number of carbonyl (C=O) groups is 2. The molecule has 1 aromatic heterocycles. The quantitative estimate of drug-likeness (QED) is 0.497. The molecule has 0 radical (unpaired) electrons. The van der Waals surface area contributed by atoms with Gasteiger partial charge in [-0.3, -0.25) is 9.88 Å². The molecule has 8 heteroatoms. The van der Waals surface area contributed by atoms with Gasteiger partial charge in [0.25, 0.3) is 0 Å². The van der Waals surface area contributed by atoms with E-state index < -0.39 is 11.9 Å². The van der Waals surface area contributed by atoms with Gasteiger partial charge in [0.05, 0.1) is 13.2 Å². The van der Waals surface area contributed by atoms with Crippen molar-refractivity contribution in [3.05, 3.63) is 30.1 Å². The number of aromatic nitrogens is 1. The van der Waals surface area contributed by atoms with E-state index in [1.54, 1.807) is 0 Å². The van der Waals surface area contributed by atoms with Crippen molar-refractivity contribution in [3.8, 4) is 0 Å². The fraction of sp³-hybridized carbons (Fsp3) is 0.533. The number of hydrogen-bond acceptors (Lipinski definition) is 6. The molecule has 0 aliphatic carbocycles. The summed E-state index contributed by atoms with van der Waals surface area (Å²) in [6.07, 6.45) is 4.88. The summed E-state index contributed by atoms with van der Waals surface area (Å²) < 4.78 is 5.32. The van der Waals surface area contributed by atoms with Gasteiger partial charge in [0.15, 0.2) is 0 Å². The highest BCUT2D eigenvalue weighted by Gasteiger charge is 2.08. The van der Waals surface area contributed by atoms with Gasteiger partial charge in [-0.1, -0.05) is 0 Å². The Morgan fingerprint density at radius 3 is 2.35 bits per heavy atom. The standard InChI is InChI=1S/C13H21N3O.C2H2O4/c1(7-16-8-10-17-11-9-16)4-15-12-13-2-5-14-6-3-13;3-1(4)2(5)6/h2-3,5-6,15H,1,4,7-12H2;(H,3,4)(H,5,6). The molecule has 0 amide bonds. The minimum Gasteiger partial charge on any atom is -0.473 e. The Labute approximate surface area is 135 Å². The molecule has 0 saturated carbocycles. The lowest BCUT2D eigenvalue weighted by atomic mass is 10.2. The fourth-order valence-corrected chi connectivity index (χ4v) is 1.99. The third-order valence-corrected chi connectivity index (χ3v) is 3.19. The van der Waals surface area contributed by atoms with Crippen LogP contribution in [0.15, 0.2) is 24.5 Å². The number of carboxylic acids is 2. The molecule has 2 rings (SSSR count). The average Bonchev–Trinajstić information content (AvgIpc) is 2.57. The predicted octanol–water partition coefficient (Wildman–Crippen LogP) is 0.0491. The van der Waals surface area contributed by atoms with Crippen LogP contribution in [0.2, 0.25) is 0 Å². The van der Waals surface area contributed by atoms with Gasteiger partial charge >= 0.3 is 11.9 Å². The van der Waals surface area contributed by atoms with Crippen LogP contribution < -0.4 is 5.32 Å². The molecule has 1 aromatic rings. The highest BCUT2D eigenvalue weighted by Crippen LogP contribution is 1.98. The number of hydrogen-bond donors (Lipinski definition) is 3. The summed E-state index contributed by atoms with van der Waals surface area (Å²) in [7, 11) is 0. The number of pyridine rings is 1. The van der Waals surface area contributed by atoms with E-state index in [2.05, 4.69) is 27.3 Å². The van der Waals surface area contributed by atoms with E-state index in [0.29, 0.717) is 0 Å². The molecule has 0 atom stereocenters. The van der Waals surface area contributed by atoms with Crippen molar-refractivity contribution in [1.29, 1.82) is 0 Å².